The molecule has 5 heteroatoms. The number of hydroxylamine groups is 1. The molecule has 1 amide bonds. The first-order valence-electron chi connectivity index (χ1n) is 5.39. The summed E-state index contributed by atoms with van der Waals surface area (Å²) < 4.78 is 5.47. The number of amides is 1. The molecule has 0 bridgehead atoms. The summed E-state index contributed by atoms with van der Waals surface area (Å²) in [6.07, 6.45) is 2.24. The number of hydrogen-bond acceptors (Lipinski definition) is 3. The van der Waals surface area contributed by atoms with E-state index in [1.54, 1.807) is 12.1 Å². The van der Waals surface area contributed by atoms with Gasteiger partial charge in [-0.05, 0) is 24.1 Å². The van der Waals surface area contributed by atoms with Crippen molar-refractivity contribution in [1.82, 2.24) is 5.48 Å². The monoisotopic (exact) mass is 245 g/mol. The topological polar surface area (TPSA) is 61.4 Å². The summed E-state index contributed by atoms with van der Waals surface area (Å²) in [6.45, 7) is 2.81. The molecule has 1 aromatic rings. The summed E-state index contributed by atoms with van der Waals surface area (Å²) in [6, 6.07) is 7.19. The zero-order valence-electron chi connectivity index (χ0n) is 10.4. The molecule has 1 rings (SSSR count). The van der Waals surface area contributed by atoms with E-state index in [1.165, 1.54) is 5.48 Å². The fraction of sp³-hybridized carbons (Fsp3) is 0.417. The van der Waals surface area contributed by atoms with Crippen LogP contribution in [0.4, 0.5) is 0 Å². The van der Waals surface area contributed by atoms with Gasteiger partial charge in [0.05, 0.1) is 13.0 Å². The maximum absolute atomic E-state index is 10.8. The van der Waals surface area contributed by atoms with E-state index in [0.717, 1.165) is 24.2 Å². The van der Waals surface area contributed by atoms with Crippen molar-refractivity contribution in [2.75, 3.05) is 6.61 Å². The van der Waals surface area contributed by atoms with E-state index in [4.69, 9.17) is 4.74 Å². The molecule has 0 atom stereocenters. The first kappa shape index (κ1) is 16.4. The maximum Gasteiger partial charge on any atom is 1.00 e. The van der Waals surface area contributed by atoms with Crippen molar-refractivity contribution in [3.05, 3.63) is 35.0 Å². The van der Waals surface area contributed by atoms with Crippen molar-refractivity contribution in [2.24, 2.45) is 0 Å². The molecule has 0 aliphatic carbocycles. The predicted molar refractivity (Wildman–Crippen MR) is 62.1 cm³/mol. The third-order valence-electron chi connectivity index (χ3n) is 2.17. The minimum atomic E-state index is -0.528. The molecule has 0 aliphatic rings. The van der Waals surface area contributed by atoms with E-state index in [2.05, 4.69) is 6.92 Å². The van der Waals surface area contributed by atoms with Crippen molar-refractivity contribution in [3.63, 3.8) is 0 Å². The Bertz CT molecular complexity index is 327. The van der Waals surface area contributed by atoms with E-state index >= 15 is 0 Å². The van der Waals surface area contributed by atoms with Crippen LogP contribution < -0.4 is 39.8 Å². The minimum absolute atomic E-state index is 0. The van der Waals surface area contributed by atoms with E-state index in [9.17, 15) is 10.0 Å². The number of rotatable bonds is 6. The molecular formula is C12H16NNaO3. The number of nitrogens with one attached hydrogen (secondary N) is 1. The average Bonchev–Trinajstić information content (AvgIpc) is 2.31. The molecular weight excluding hydrogens is 229 g/mol. The molecule has 0 aliphatic heterocycles. The fourth-order valence-electron chi connectivity index (χ4n) is 1.26. The smallest absolute Gasteiger partial charge is 0.759 e. The van der Waals surface area contributed by atoms with Crippen LogP contribution in [-0.4, -0.2) is 12.5 Å². The zero-order valence-corrected chi connectivity index (χ0v) is 12.4. The number of benzene rings is 1. The summed E-state index contributed by atoms with van der Waals surface area (Å²) in [5.74, 6) is 0.263. The largest absolute Gasteiger partial charge is 1.00 e. The van der Waals surface area contributed by atoms with Crippen LogP contribution in [0.15, 0.2) is 24.3 Å². The molecule has 0 unspecified atom stereocenters. The SMILES string of the molecule is CCCCOc1ccc(CC(=O)N[O-])cc1.[Na+]. The predicted octanol–water partition coefficient (Wildman–Crippen LogP) is -0.974. The molecule has 0 saturated carbocycles. The van der Waals surface area contributed by atoms with Crippen LogP contribution in [-0.2, 0) is 11.2 Å². The van der Waals surface area contributed by atoms with Crippen LogP contribution in [0.25, 0.3) is 0 Å². The van der Waals surface area contributed by atoms with E-state index in [-0.39, 0.29) is 36.0 Å². The molecule has 88 valence electrons. The Kier molecular flexibility index (Phi) is 9.17. The second-order valence-corrected chi connectivity index (χ2v) is 3.55. The maximum atomic E-state index is 10.8. The Balaban J connectivity index is 0.00000256. The van der Waals surface area contributed by atoms with Gasteiger partial charge in [0, 0.05) is 0 Å². The van der Waals surface area contributed by atoms with Gasteiger partial charge in [-0.1, -0.05) is 25.5 Å². The van der Waals surface area contributed by atoms with Crippen molar-refractivity contribution in [2.45, 2.75) is 26.2 Å². The Morgan fingerprint density at radius 3 is 2.53 bits per heavy atom. The van der Waals surface area contributed by atoms with Gasteiger partial charge in [-0.2, -0.15) is 0 Å². The molecule has 1 N–H and O–H groups in total. The number of hydrogen-bond donors (Lipinski definition) is 1. The Morgan fingerprint density at radius 1 is 1.35 bits per heavy atom. The summed E-state index contributed by atoms with van der Waals surface area (Å²) in [7, 11) is 0. The average molecular weight is 245 g/mol. The standard InChI is InChI=1S/C12H16NO3.Na/c1-2-3-8-16-11-6-4-10(5-7-11)9-12(14)13-15;/h4-7H,2-3,8-9H2,1H3,(H-,13,14,15);/q-1;+1. The van der Waals surface area contributed by atoms with Gasteiger partial charge in [-0.25, -0.2) is 0 Å². The Labute approximate surface area is 124 Å². The quantitative estimate of drug-likeness (QED) is 0.398. The van der Waals surface area contributed by atoms with Crippen LogP contribution in [0.1, 0.15) is 25.3 Å². The number of unbranched alkanes of at least 4 members (excludes halogenated alkanes) is 1. The van der Waals surface area contributed by atoms with Crippen molar-refractivity contribution >= 4 is 5.91 Å². The molecule has 1 aromatic carbocycles. The Hall–Kier alpha value is -0.550. The van der Waals surface area contributed by atoms with Crippen LogP contribution in [0, 0.1) is 5.21 Å². The summed E-state index contributed by atoms with van der Waals surface area (Å²) in [5, 5.41) is 10.1. The van der Waals surface area contributed by atoms with Gasteiger partial charge in [0.2, 0.25) is 5.91 Å². The molecule has 4 nitrogen and oxygen atoms in total. The third kappa shape index (κ3) is 6.68. The van der Waals surface area contributed by atoms with Gasteiger partial charge in [0.25, 0.3) is 0 Å². The van der Waals surface area contributed by atoms with Gasteiger partial charge < -0.3 is 15.4 Å². The zero-order chi connectivity index (χ0) is 11.8. The van der Waals surface area contributed by atoms with Gasteiger partial charge >= 0.3 is 29.6 Å². The van der Waals surface area contributed by atoms with E-state index in [1.807, 2.05) is 12.1 Å². The summed E-state index contributed by atoms with van der Waals surface area (Å²) in [5.41, 5.74) is 2.15. The van der Waals surface area contributed by atoms with Crippen LogP contribution >= 0.6 is 0 Å². The van der Waals surface area contributed by atoms with Gasteiger partial charge in [-0.15, -0.1) is 0 Å². The third-order valence-corrected chi connectivity index (χ3v) is 2.17. The summed E-state index contributed by atoms with van der Waals surface area (Å²) in [4.78, 5) is 10.8. The molecule has 17 heavy (non-hydrogen) atoms. The number of carbonyl (C=O) groups is 1. The van der Waals surface area contributed by atoms with Gasteiger partial charge in [-0.3, -0.25) is 4.79 Å². The van der Waals surface area contributed by atoms with Crippen molar-refractivity contribution in [1.29, 1.82) is 0 Å². The van der Waals surface area contributed by atoms with Crippen molar-refractivity contribution in [3.8, 4) is 5.75 Å². The van der Waals surface area contributed by atoms with Gasteiger partial charge in [0.15, 0.2) is 0 Å². The second kappa shape index (κ2) is 9.48. The first-order chi connectivity index (χ1) is 7.76. The van der Waals surface area contributed by atoms with E-state index in [0.29, 0.717) is 6.61 Å². The normalized spacial score (nSPS) is 9.29. The molecule has 0 aromatic heterocycles. The number of carbonyl (C=O) groups excluding carboxylic acids is 1. The molecule has 0 heterocycles. The van der Waals surface area contributed by atoms with Crippen LogP contribution in [0.5, 0.6) is 5.75 Å². The summed E-state index contributed by atoms with van der Waals surface area (Å²) >= 11 is 0. The van der Waals surface area contributed by atoms with E-state index < -0.39 is 5.91 Å². The van der Waals surface area contributed by atoms with Crippen molar-refractivity contribution < 1.29 is 39.1 Å². The molecule has 0 radical (unpaired) electrons. The molecule has 0 spiro atoms. The number of ether oxygens (including phenoxy) is 1. The minimum Gasteiger partial charge on any atom is -0.759 e. The fourth-order valence-corrected chi connectivity index (χ4v) is 1.26. The molecule has 0 fully saturated rings. The first-order valence-corrected chi connectivity index (χ1v) is 5.39. The van der Waals surface area contributed by atoms with Crippen LogP contribution in [0.3, 0.4) is 0 Å². The van der Waals surface area contributed by atoms with Gasteiger partial charge in [0.1, 0.15) is 5.75 Å². The Morgan fingerprint density at radius 2 is 2.00 bits per heavy atom. The van der Waals surface area contributed by atoms with Crippen LogP contribution in [0.2, 0.25) is 0 Å². The second-order valence-electron chi connectivity index (χ2n) is 3.55. The molecule has 0 saturated heterocycles.